The molecule has 0 saturated carbocycles. The highest BCUT2D eigenvalue weighted by molar-refractivity contribution is 7.13. The Labute approximate surface area is 137 Å². The summed E-state index contributed by atoms with van der Waals surface area (Å²) in [6.45, 7) is 0.216. The van der Waals surface area contributed by atoms with E-state index in [1.54, 1.807) is 16.3 Å². The first kappa shape index (κ1) is 15.2. The molecule has 5 nitrogen and oxygen atoms in total. The van der Waals surface area contributed by atoms with Crippen LogP contribution in [0.1, 0.15) is 16.1 Å². The van der Waals surface area contributed by atoms with Gasteiger partial charge in [-0.05, 0) is 11.6 Å². The zero-order valence-electron chi connectivity index (χ0n) is 12.5. The Kier molecular flexibility index (Phi) is 4.63. The van der Waals surface area contributed by atoms with E-state index in [0.717, 1.165) is 16.1 Å². The lowest BCUT2D eigenvalue weighted by atomic mass is 10.2. The molecule has 0 amide bonds. The zero-order valence-corrected chi connectivity index (χ0v) is 13.4. The van der Waals surface area contributed by atoms with E-state index in [1.165, 1.54) is 11.3 Å². The number of benzene rings is 1. The van der Waals surface area contributed by atoms with Crippen molar-refractivity contribution in [2.45, 2.75) is 0 Å². The topological polar surface area (TPSA) is 57.0 Å². The van der Waals surface area contributed by atoms with E-state index < -0.39 is 5.97 Å². The standard InChI is InChI=1S/C17H15N3O2S/c1-20-11-14(10-18-20)16-19-15(12-23-16)17(21)22-9-5-8-13-6-3-2-4-7-13/h2-8,10-12H,9H2,1H3. The molecule has 23 heavy (non-hydrogen) atoms. The van der Waals surface area contributed by atoms with Crippen molar-refractivity contribution in [2.75, 3.05) is 6.61 Å². The quantitative estimate of drug-likeness (QED) is 0.675. The summed E-state index contributed by atoms with van der Waals surface area (Å²) in [7, 11) is 1.84. The smallest absolute Gasteiger partial charge is 0.358 e. The lowest BCUT2D eigenvalue weighted by Crippen LogP contribution is -2.05. The van der Waals surface area contributed by atoms with Crippen LogP contribution in [0.2, 0.25) is 0 Å². The molecule has 0 radical (unpaired) electrons. The molecule has 0 aliphatic rings. The van der Waals surface area contributed by atoms with Crippen LogP contribution in [0.15, 0.2) is 54.2 Å². The van der Waals surface area contributed by atoms with Gasteiger partial charge < -0.3 is 4.74 Å². The van der Waals surface area contributed by atoms with Gasteiger partial charge in [0.2, 0.25) is 0 Å². The third-order valence-electron chi connectivity index (χ3n) is 3.09. The zero-order chi connectivity index (χ0) is 16.1. The number of aromatic nitrogens is 3. The highest BCUT2D eigenvalue weighted by Gasteiger charge is 2.13. The van der Waals surface area contributed by atoms with Crippen molar-refractivity contribution in [3.05, 3.63) is 65.4 Å². The molecule has 0 bridgehead atoms. The van der Waals surface area contributed by atoms with Crippen molar-refractivity contribution in [2.24, 2.45) is 7.05 Å². The Morgan fingerprint density at radius 3 is 2.91 bits per heavy atom. The van der Waals surface area contributed by atoms with Crippen molar-refractivity contribution in [1.29, 1.82) is 0 Å². The molecule has 116 valence electrons. The molecule has 3 aromatic rings. The fourth-order valence-corrected chi connectivity index (χ4v) is 2.74. The first-order valence-electron chi connectivity index (χ1n) is 7.05. The van der Waals surface area contributed by atoms with Gasteiger partial charge in [-0.25, -0.2) is 9.78 Å². The molecule has 2 heterocycles. The molecular formula is C17H15N3O2S. The van der Waals surface area contributed by atoms with Crippen LogP contribution in [0.4, 0.5) is 0 Å². The number of esters is 1. The second-order valence-electron chi connectivity index (χ2n) is 4.85. The normalized spacial score (nSPS) is 11.0. The Hall–Kier alpha value is -2.73. The van der Waals surface area contributed by atoms with E-state index in [-0.39, 0.29) is 6.61 Å². The van der Waals surface area contributed by atoms with Crippen LogP contribution in [-0.2, 0) is 11.8 Å². The van der Waals surface area contributed by atoms with Gasteiger partial charge >= 0.3 is 5.97 Å². The molecule has 0 spiro atoms. The van der Waals surface area contributed by atoms with Gasteiger partial charge in [0, 0.05) is 24.2 Å². The third-order valence-corrected chi connectivity index (χ3v) is 3.98. The largest absolute Gasteiger partial charge is 0.457 e. The number of hydrogen-bond donors (Lipinski definition) is 0. The van der Waals surface area contributed by atoms with Gasteiger partial charge in [-0.3, -0.25) is 4.68 Å². The second kappa shape index (κ2) is 7.02. The van der Waals surface area contributed by atoms with Crippen LogP contribution in [-0.4, -0.2) is 27.3 Å². The Morgan fingerprint density at radius 1 is 1.35 bits per heavy atom. The van der Waals surface area contributed by atoms with Gasteiger partial charge in [-0.2, -0.15) is 5.10 Å². The average Bonchev–Trinajstić information content (AvgIpc) is 3.21. The summed E-state index contributed by atoms with van der Waals surface area (Å²) in [4.78, 5) is 16.3. The average molecular weight is 325 g/mol. The lowest BCUT2D eigenvalue weighted by Gasteiger charge is -1.98. The van der Waals surface area contributed by atoms with Gasteiger partial charge in [0.1, 0.15) is 11.6 Å². The molecule has 6 heteroatoms. The SMILES string of the molecule is Cn1cc(-c2nc(C(=O)OCC=Cc3ccccc3)cs2)cn1. The number of rotatable bonds is 5. The molecule has 0 unspecified atom stereocenters. The number of ether oxygens (including phenoxy) is 1. The summed E-state index contributed by atoms with van der Waals surface area (Å²) in [5.41, 5.74) is 2.28. The first-order valence-corrected chi connectivity index (χ1v) is 7.93. The molecule has 0 aliphatic heterocycles. The summed E-state index contributed by atoms with van der Waals surface area (Å²) >= 11 is 1.40. The molecule has 0 atom stereocenters. The van der Waals surface area contributed by atoms with Crippen molar-refractivity contribution >= 4 is 23.4 Å². The Morgan fingerprint density at radius 2 is 2.17 bits per heavy atom. The van der Waals surface area contributed by atoms with Gasteiger partial charge in [0.25, 0.3) is 0 Å². The highest BCUT2D eigenvalue weighted by Crippen LogP contribution is 2.23. The predicted octanol–water partition coefficient (Wildman–Crippen LogP) is 3.41. The molecule has 2 aromatic heterocycles. The maximum Gasteiger partial charge on any atom is 0.358 e. The highest BCUT2D eigenvalue weighted by atomic mass is 32.1. The van der Waals surface area contributed by atoms with E-state index in [2.05, 4.69) is 10.1 Å². The van der Waals surface area contributed by atoms with E-state index in [1.807, 2.05) is 55.7 Å². The Bertz CT molecular complexity index is 821. The van der Waals surface area contributed by atoms with Crippen molar-refractivity contribution in [1.82, 2.24) is 14.8 Å². The van der Waals surface area contributed by atoms with E-state index >= 15 is 0 Å². The molecule has 0 fully saturated rings. The summed E-state index contributed by atoms with van der Waals surface area (Å²) in [5.74, 6) is -0.422. The van der Waals surface area contributed by atoms with Crippen LogP contribution >= 0.6 is 11.3 Å². The summed E-state index contributed by atoms with van der Waals surface area (Å²) in [6.07, 6.45) is 7.30. The minimum atomic E-state index is -0.422. The molecule has 0 saturated heterocycles. The third kappa shape index (κ3) is 3.92. The van der Waals surface area contributed by atoms with Crippen molar-refractivity contribution in [3.63, 3.8) is 0 Å². The molecule has 0 aliphatic carbocycles. The predicted molar refractivity (Wildman–Crippen MR) is 90.1 cm³/mol. The minimum absolute atomic E-state index is 0.216. The number of carbonyl (C=O) groups excluding carboxylic acids is 1. The summed E-state index contributed by atoms with van der Waals surface area (Å²) in [6, 6.07) is 9.85. The van der Waals surface area contributed by atoms with E-state index in [0.29, 0.717) is 5.69 Å². The van der Waals surface area contributed by atoms with Crippen LogP contribution in [0, 0.1) is 0 Å². The molecule has 3 rings (SSSR count). The lowest BCUT2D eigenvalue weighted by molar-refractivity contribution is 0.0544. The van der Waals surface area contributed by atoms with E-state index in [9.17, 15) is 4.79 Å². The Balaban J connectivity index is 1.57. The minimum Gasteiger partial charge on any atom is -0.457 e. The van der Waals surface area contributed by atoms with Gasteiger partial charge in [0.05, 0.1) is 6.20 Å². The fourth-order valence-electron chi connectivity index (χ4n) is 1.98. The van der Waals surface area contributed by atoms with E-state index in [4.69, 9.17) is 4.74 Å². The van der Waals surface area contributed by atoms with Crippen LogP contribution in [0.3, 0.4) is 0 Å². The monoisotopic (exact) mass is 325 g/mol. The maximum absolute atomic E-state index is 12.0. The van der Waals surface area contributed by atoms with Crippen LogP contribution in [0.5, 0.6) is 0 Å². The van der Waals surface area contributed by atoms with Crippen molar-refractivity contribution < 1.29 is 9.53 Å². The first-order chi connectivity index (χ1) is 11.2. The molecule has 0 N–H and O–H groups in total. The second-order valence-corrected chi connectivity index (χ2v) is 5.71. The number of nitrogens with zero attached hydrogens (tertiary/aromatic N) is 3. The van der Waals surface area contributed by atoms with Crippen LogP contribution in [0.25, 0.3) is 16.6 Å². The van der Waals surface area contributed by atoms with Crippen LogP contribution < -0.4 is 0 Å². The summed E-state index contributed by atoms with van der Waals surface area (Å²) < 4.78 is 6.90. The fraction of sp³-hybridized carbons (Fsp3) is 0.118. The molecule has 1 aromatic carbocycles. The summed E-state index contributed by atoms with van der Waals surface area (Å²) in [5, 5.41) is 6.55. The number of hydrogen-bond acceptors (Lipinski definition) is 5. The number of carbonyl (C=O) groups is 1. The molecular weight excluding hydrogens is 310 g/mol. The van der Waals surface area contributed by atoms with Gasteiger partial charge in [0.15, 0.2) is 5.69 Å². The van der Waals surface area contributed by atoms with Gasteiger partial charge in [-0.1, -0.05) is 36.4 Å². The maximum atomic E-state index is 12.0. The van der Waals surface area contributed by atoms with Gasteiger partial charge in [-0.15, -0.1) is 11.3 Å². The number of aryl methyl sites for hydroxylation is 1. The van der Waals surface area contributed by atoms with Crippen molar-refractivity contribution in [3.8, 4) is 10.6 Å². The number of thiazole rings is 1.